The fraction of sp³-hybridized carbons (Fsp3) is 0.400. The van der Waals surface area contributed by atoms with Crippen molar-refractivity contribution in [1.82, 2.24) is 10.2 Å². The van der Waals surface area contributed by atoms with Crippen molar-refractivity contribution in [3.8, 4) is 5.75 Å². The molecule has 1 aliphatic carbocycles. The van der Waals surface area contributed by atoms with Crippen LogP contribution in [-0.4, -0.2) is 35.9 Å². The molecule has 0 aromatic heterocycles. The molecule has 1 heterocycles. The Balaban J connectivity index is 1.52. The fourth-order valence-electron chi connectivity index (χ4n) is 4.39. The Hall–Kier alpha value is -3.56. The van der Waals surface area contributed by atoms with Gasteiger partial charge in [0.1, 0.15) is 17.8 Å². The van der Waals surface area contributed by atoms with Crippen LogP contribution in [0.3, 0.4) is 0 Å². The quantitative estimate of drug-likeness (QED) is 0.565. The van der Waals surface area contributed by atoms with Crippen LogP contribution in [0.4, 0.5) is 23.7 Å². The number of aryl methyl sites for hydroxylation is 2. The van der Waals surface area contributed by atoms with Gasteiger partial charge in [0.15, 0.2) is 0 Å². The van der Waals surface area contributed by atoms with Crippen molar-refractivity contribution >= 4 is 23.5 Å². The Kier molecular flexibility index (Phi) is 6.48. The molecule has 0 spiro atoms. The molecule has 4 amide bonds. The number of hydrogen-bond acceptors (Lipinski definition) is 4. The van der Waals surface area contributed by atoms with E-state index in [0.717, 1.165) is 47.9 Å². The van der Waals surface area contributed by atoms with Gasteiger partial charge in [-0.05, 0) is 67.5 Å². The number of imide groups is 1. The summed E-state index contributed by atoms with van der Waals surface area (Å²) in [6.45, 7) is 2.98. The lowest BCUT2D eigenvalue weighted by molar-refractivity contribution is -0.137. The van der Waals surface area contributed by atoms with Crippen LogP contribution in [0.5, 0.6) is 5.75 Å². The van der Waals surface area contributed by atoms with Crippen molar-refractivity contribution in [3.63, 3.8) is 0 Å². The minimum atomic E-state index is -4.62. The van der Waals surface area contributed by atoms with Gasteiger partial charge in [0.05, 0.1) is 17.9 Å². The summed E-state index contributed by atoms with van der Waals surface area (Å²) in [5.74, 6) is -1.37. The van der Waals surface area contributed by atoms with E-state index >= 15 is 0 Å². The molecule has 1 atom stereocenters. The third-order valence-corrected chi connectivity index (χ3v) is 6.30. The summed E-state index contributed by atoms with van der Waals surface area (Å²) in [6.07, 6.45) is -1.11. The molecule has 1 aliphatic heterocycles. The minimum Gasteiger partial charge on any atom is -0.491 e. The molecule has 2 aromatic rings. The van der Waals surface area contributed by atoms with E-state index in [9.17, 15) is 27.6 Å². The molecule has 7 nitrogen and oxygen atoms in total. The molecule has 186 valence electrons. The topological polar surface area (TPSA) is 87.7 Å². The van der Waals surface area contributed by atoms with Crippen LogP contribution in [0.1, 0.15) is 48.9 Å². The smallest absolute Gasteiger partial charge is 0.416 e. The van der Waals surface area contributed by atoms with Crippen LogP contribution in [0.15, 0.2) is 36.4 Å². The maximum atomic E-state index is 13.2. The monoisotopic (exact) mass is 489 g/mol. The summed E-state index contributed by atoms with van der Waals surface area (Å²) >= 11 is 0. The van der Waals surface area contributed by atoms with Crippen LogP contribution in [0.2, 0.25) is 0 Å². The molecule has 35 heavy (non-hydrogen) atoms. The van der Waals surface area contributed by atoms with E-state index < -0.39 is 41.7 Å². The number of anilines is 1. The van der Waals surface area contributed by atoms with E-state index in [1.54, 1.807) is 13.0 Å². The number of nitrogens with zero attached hydrogens (tertiary/aromatic N) is 1. The zero-order valence-corrected chi connectivity index (χ0v) is 19.4. The number of urea groups is 1. The van der Waals surface area contributed by atoms with Gasteiger partial charge in [-0.3, -0.25) is 14.5 Å². The number of fused-ring (bicyclic) bond motifs is 1. The number of nitrogens with one attached hydrogen (secondary N) is 2. The van der Waals surface area contributed by atoms with Gasteiger partial charge in [-0.15, -0.1) is 0 Å². The zero-order valence-electron chi connectivity index (χ0n) is 19.4. The standard InChI is InChI=1S/C25H26F3N3O4/c1-3-11-35-20-10-9-18(25(26,27)28)13-19(20)29-21(32)14-31-22(33)24(2,30-23(31)34)17-8-7-15-5-4-6-16(15)12-17/h7-10,12-13H,3-6,11,14H2,1-2H3,(H,29,32)(H,30,34)/t24-/m0/s1. The van der Waals surface area contributed by atoms with E-state index in [-0.39, 0.29) is 18.0 Å². The fourth-order valence-corrected chi connectivity index (χ4v) is 4.39. The highest BCUT2D eigenvalue weighted by atomic mass is 19.4. The number of halogens is 3. The summed E-state index contributed by atoms with van der Waals surface area (Å²) in [5.41, 5.74) is 0.467. The first-order valence-electron chi connectivity index (χ1n) is 11.4. The van der Waals surface area contributed by atoms with E-state index in [0.29, 0.717) is 12.0 Å². The summed E-state index contributed by atoms with van der Waals surface area (Å²) in [7, 11) is 0. The lowest BCUT2D eigenvalue weighted by atomic mass is 9.89. The van der Waals surface area contributed by atoms with Crippen LogP contribution < -0.4 is 15.4 Å². The van der Waals surface area contributed by atoms with Gasteiger partial charge in [0, 0.05) is 0 Å². The van der Waals surface area contributed by atoms with Gasteiger partial charge in [-0.2, -0.15) is 13.2 Å². The molecule has 10 heteroatoms. The number of ether oxygens (including phenoxy) is 1. The highest BCUT2D eigenvalue weighted by Gasteiger charge is 2.49. The number of hydrogen-bond donors (Lipinski definition) is 2. The van der Waals surface area contributed by atoms with E-state index in [2.05, 4.69) is 10.6 Å². The largest absolute Gasteiger partial charge is 0.491 e. The second kappa shape index (κ2) is 9.24. The first-order valence-corrected chi connectivity index (χ1v) is 11.4. The summed E-state index contributed by atoms with van der Waals surface area (Å²) in [5, 5.41) is 5.02. The van der Waals surface area contributed by atoms with Crippen molar-refractivity contribution in [3.05, 3.63) is 58.7 Å². The van der Waals surface area contributed by atoms with Gasteiger partial charge in [-0.25, -0.2) is 4.79 Å². The molecule has 2 aliphatic rings. The van der Waals surface area contributed by atoms with Crippen LogP contribution in [0.25, 0.3) is 0 Å². The molecule has 4 rings (SSSR count). The molecule has 2 N–H and O–H groups in total. The molecule has 0 saturated carbocycles. The number of rotatable bonds is 7. The molecular formula is C25H26F3N3O4. The van der Waals surface area contributed by atoms with Crippen molar-refractivity contribution in [1.29, 1.82) is 0 Å². The van der Waals surface area contributed by atoms with Crippen molar-refractivity contribution in [2.45, 2.75) is 51.2 Å². The zero-order chi connectivity index (χ0) is 25.4. The minimum absolute atomic E-state index is 0.0633. The molecule has 0 unspecified atom stereocenters. The van der Waals surface area contributed by atoms with Gasteiger partial charge >= 0.3 is 12.2 Å². The lowest BCUT2D eigenvalue weighted by Gasteiger charge is -2.23. The second-order valence-corrected chi connectivity index (χ2v) is 8.89. The van der Waals surface area contributed by atoms with Gasteiger partial charge in [0.25, 0.3) is 5.91 Å². The van der Waals surface area contributed by atoms with Crippen LogP contribution >= 0.6 is 0 Å². The predicted octanol–water partition coefficient (Wildman–Crippen LogP) is 4.39. The average Bonchev–Trinajstić information content (AvgIpc) is 3.36. The number of carbonyl (C=O) groups excluding carboxylic acids is 3. The van der Waals surface area contributed by atoms with Gasteiger partial charge in [0.2, 0.25) is 5.91 Å². The first-order chi connectivity index (χ1) is 16.5. The molecule has 1 fully saturated rings. The van der Waals surface area contributed by atoms with Gasteiger partial charge < -0.3 is 15.4 Å². The Morgan fingerprint density at radius 2 is 1.89 bits per heavy atom. The lowest BCUT2D eigenvalue weighted by Crippen LogP contribution is -2.42. The van der Waals surface area contributed by atoms with Crippen molar-refractivity contribution in [2.75, 3.05) is 18.5 Å². The van der Waals surface area contributed by atoms with Crippen molar-refractivity contribution < 1.29 is 32.3 Å². The number of amides is 4. The highest BCUT2D eigenvalue weighted by molar-refractivity contribution is 6.10. The third kappa shape index (κ3) is 4.82. The Morgan fingerprint density at radius 3 is 2.60 bits per heavy atom. The average molecular weight is 489 g/mol. The van der Waals surface area contributed by atoms with E-state index in [1.165, 1.54) is 5.56 Å². The summed E-state index contributed by atoms with van der Waals surface area (Å²) < 4.78 is 45.0. The van der Waals surface area contributed by atoms with E-state index in [4.69, 9.17) is 4.74 Å². The Morgan fingerprint density at radius 1 is 1.14 bits per heavy atom. The van der Waals surface area contributed by atoms with Crippen LogP contribution in [0, 0.1) is 0 Å². The highest BCUT2D eigenvalue weighted by Crippen LogP contribution is 2.36. The summed E-state index contributed by atoms with van der Waals surface area (Å²) in [6, 6.07) is 7.66. The van der Waals surface area contributed by atoms with Crippen molar-refractivity contribution in [2.24, 2.45) is 0 Å². The summed E-state index contributed by atoms with van der Waals surface area (Å²) in [4.78, 5) is 39.3. The molecular weight excluding hydrogens is 463 g/mol. The van der Waals surface area contributed by atoms with Crippen LogP contribution in [-0.2, 0) is 34.1 Å². The first kappa shape index (κ1) is 24.6. The number of alkyl halides is 3. The Labute approximate surface area is 200 Å². The maximum Gasteiger partial charge on any atom is 0.416 e. The maximum absolute atomic E-state index is 13.2. The Bertz CT molecular complexity index is 1180. The molecule has 2 aromatic carbocycles. The second-order valence-electron chi connectivity index (χ2n) is 8.89. The normalized spacial score (nSPS) is 19.5. The molecule has 0 radical (unpaired) electrons. The molecule has 1 saturated heterocycles. The predicted molar refractivity (Wildman–Crippen MR) is 122 cm³/mol. The van der Waals surface area contributed by atoms with E-state index in [1.807, 2.05) is 19.1 Å². The number of carbonyl (C=O) groups is 3. The number of benzene rings is 2. The molecule has 0 bridgehead atoms. The van der Waals surface area contributed by atoms with Gasteiger partial charge in [-0.1, -0.05) is 25.1 Å². The third-order valence-electron chi connectivity index (χ3n) is 6.30. The SMILES string of the molecule is CCCOc1ccc(C(F)(F)F)cc1NC(=O)CN1C(=O)N[C@@](C)(c2ccc3c(c2)CCC3)C1=O.